The van der Waals surface area contributed by atoms with Gasteiger partial charge in [-0.25, -0.2) is 0 Å². The molecule has 0 aliphatic carbocycles. The molecule has 0 aliphatic heterocycles. The Labute approximate surface area is 123 Å². The Morgan fingerprint density at radius 3 is 1.82 bits per heavy atom. The largest absolute Gasteiger partial charge is 0.545 e. The van der Waals surface area contributed by atoms with Crippen LogP contribution in [0, 0.1) is 0 Å². The molecule has 1 amide bonds. The maximum Gasteiger partial charge on any atom is 0.416 e. The summed E-state index contributed by atoms with van der Waals surface area (Å²) in [5, 5.41) is 13.0. The van der Waals surface area contributed by atoms with E-state index in [9.17, 15) is 27.9 Å². The van der Waals surface area contributed by atoms with Gasteiger partial charge in [0, 0.05) is 11.3 Å². The van der Waals surface area contributed by atoms with Gasteiger partial charge in [0.25, 0.3) is 5.91 Å². The summed E-state index contributed by atoms with van der Waals surface area (Å²) in [6.45, 7) is 0. The van der Waals surface area contributed by atoms with Crippen molar-refractivity contribution in [1.29, 1.82) is 0 Å². The Balaban J connectivity index is 2.10. The summed E-state index contributed by atoms with van der Waals surface area (Å²) in [5.74, 6) is -1.95. The van der Waals surface area contributed by atoms with E-state index in [0.29, 0.717) is 5.69 Å². The Morgan fingerprint density at radius 2 is 1.36 bits per heavy atom. The first-order valence-corrected chi connectivity index (χ1v) is 6.07. The normalized spacial score (nSPS) is 11.0. The minimum absolute atomic E-state index is 0.0486. The van der Waals surface area contributed by atoms with E-state index in [1.165, 1.54) is 24.3 Å². The van der Waals surface area contributed by atoms with Crippen LogP contribution < -0.4 is 10.4 Å². The van der Waals surface area contributed by atoms with Gasteiger partial charge >= 0.3 is 6.18 Å². The average molecular weight is 308 g/mol. The number of carboxylic acids is 1. The van der Waals surface area contributed by atoms with Crippen LogP contribution in [0.15, 0.2) is 48.5 Å². The molecule has 2 rings (SSSR count). The third-order valence-corrected chi connectivity index (χ3v) is 2.85. The molecule has 22 heavy (non-hydrogen) atoms. The lowest BCUT2D eigenvalue weighted by atomic mass is 10.1. The molecule has 114 valence electrons. The first-order valence-electron chi connectivity index (χ1n) is 6.07. The van der Waals surface area contributed by atoms with Crippen LogP contribution >= 0.6 is 0 Å². The summed E-state index contributed by atoms with van der Waals surface area (Å²) in [7, 11) is 0. The van der Waals surface area contributed by atoms with E-state index >= 15 is 0 Å². The highest BCUT2D eigenvalue weighted by molar-refractivity contribution is 6.04. The molecule has 0 bridgehead atoms. The smallest absolute Gasteiger partial charge is 0.416 e. The fraction of sp³-hybridized carbons (Fsp3) is 0.0667. The molecule has 2 aromatic carbocycles. The van der Waals surface area contributed by atoms with Crippen LogP contribution in [0.3, 0.4) is 0 Å². The van der Waals surface area contributed by atoms with Crippen molar-refractivity contribution in [3.8, 4) is 0 Å². The monoisotopic (exact) mass is 308 g/mol. The number of alkyl halides is 3. The zero-order chi connectivity index (χ0) is 16.3. The van der Waals surface area contributed by atoms with Crippen molar-refractivity contribution in [2.45, 2.75) is 6.18 Å². The Hall–Kier alpha value is -2.83. The highest BCUT2D eigenvalue weighted by Crippen LogP contribution is 2.29. The minimum atomic E-state index is -4.46. The molecule has 0 aromatic heterocycles. The summed E-state index contributed by atoms with van der Waals surface area (Å²) in [6.07, 6.45) is -4.46. The second-order valence-corrected chi connectivity index (χ2v) is 4.39. The molecule has 0 saturated heterocycles. The zero-order valence-corrected chi connectivity index (χ0v) is 11.0. The van der Waals surface area contributed by atoms with Gasteiger partial charge in [0.15, 0.2) is 0 Å². The lowest BCUT2D eigenvalue weighted by molar-refractivity contribution is -0.255. The molecule has 4 nitrogen and oxygen atoms in total. The number of benzene rings is 2. The molecular weight excluding hydrogens is 299 g/mol. The second-order valence-electron chi connectivity index (χ2n) is 4.39. The topological polar surface area (TPSA) is 69.2 Å². The fourth-order valence-electron chi connectivity index (χ4n) is 1.70. The van der Waals surface area contributed by atoms with Gasteiger partial charge in [-0.05, 0) is 42.0 Å². The van der Waals surface area contributed by atoms with E-state index in [0.717, 1.165) is 24.3 Å². The van der Waals surface area contributed by atoms with E-state index in [1.54, 1.807) is 0 Å². The van der Waals surface area contributed by atoms with Gasteiger partial charge in [-0.1, -0.05) is 12.1 Å². The summed E-state index contributed by atoms with van der Waals surface area (Å²) in [6, 6.07) is 8.96. The number of carboxylic acid groups (broad SMARTS) is 1. The molecule has 0 radical (unpaired) electrons. The lowest BCUT2D eigenvalue weighted by Gasteiger charge is -2.09. The van der Waals surface area contributed by atoms with E-state index in [2.05, 4.69) is 5.32 Å². The van der Waals surface area contributed by atoms with Crippen LogP contribution in [0.4, 0.5) is 18.9 Å². The van der Waals surface area contributed by atoms with E-state index in [-0.39, 0.29) is 11.1 Å². The number of anilines is 1. The minimum Gasteiger partial charge on any atom is -0.545 e. The van der Waals surface area contributed by atoms with Crippen LogP contribution in [0.1, 0.15) is 26.3 Å². The Bertz CT molecular complexity index is 691. The summed E-state index contributed by atoms with van der Waals surface area (Å²) >= 11 is 0. The Morgan fingerprint density at radius 1 is 0.864 bits per heavy atom. The molecule has 0 aliphatic rings. The van der Waals surface area contributed by atoms with Crippen molar-refractivity contribution >= 4 is 17.6 Å². The zero-order valence-electron chi connectivity index (χ0n) is 11.0. The van der Waals surface area contributed by atoms with Gasteiger partial charge in [-0.2, -0.15) is 13.2 Å². The van der Waals surface area contributed by atoms with Crippen molar-refractivity contribution in [3.63, 3.8) is 0 Å². The number of aromatic carboxylic acids is 1. The van der Waals surface area contributed by atoms with Crippen LogP contribution in [0.5, 0.6) is 0 Å². The van der Waals surface area contributed by atoms with Crippen molar-refractivity contribution in [3.05, 3.63) is 65.2 Å². The van der Waals surface area contributed by atoms with E-state index in [4.69, 9.17) is 0 Å². The number of hydrogen-bond donors (Lipinski definition) is 1. The molecule has 0 saturated carbocycles. The first kappa shape index (κ1) is 15.6. The molecule has 7 heteroatoms. The van der Waals surface area contributed by atoms with E-state index < -0.39 is 23.6 Å². The highest BCUT2D eigenvalue weighted by Gasteiger charge is 2.30. The highest BCUT2D eigenvalue weighted by atomic mass is 19.4. The van der Waals surface area contributed by atoms with Gasteiger partial charge in [0.1, 0.15) is 0 Å². The quantitative estimate of drug-likeness (QED) is 0.946. The van der Waals surface area contributed by atoms with Crippen molar-refractivity contribution < 1.29 is 27.9 Å². The standard InChI is InChI=1S/C15H10F3NO3/c16-15(17,18)11-5-1-9(2-6-11)13(20)19-12-7-3-10(4-8-12)14(21)22/h1-8H,(H,19,20)(H,21,22)/p-1. The number of amides is 1. The molecule has 0 fully saturated rings. The summed E-state index contributed by atoms with van der Waals surface area (Å²) in [4.78, 5) is 22.5. The van der Waals surface area contributed by atoms with Crippen molar-refractivity contribution in [1.82, 2.24) is 0 Å². The van der Waals surface area contributed by atoms with Crippen LogP contribution in [-0.4, -0.2) is 11.9 Å². The van der Waals surface area contributed by atoms with Gasteiger partial charge in [-0.3, -0.25) is 4.79 Å². The number of carbonyl (C=O) groups excluding carboxylic acids is 2. The first-order chi connectivity index (χ1) is 10.3. The number of carbonyl (C=O) groups is 2. The molecule has 0 spiro atoms. The van der Waals surface area contributed by atoms with Gasteiger partial charge in [0.05, 0.1) is 11.5 Å². The number of hydrogen-bond acceptors (Lipinski definition) is 3. The maximum absolute atomic E-state index is 12.4. The molecule has 0 unspecified atom stereocenters. The third-order valence-electron chi connectivity index (χ3n) is 2.85. The second kappa shape index (κ2) is 5.88. The molecule has 1 N–H and O–H groups in total. The lowest BCUT2D eigenvalue weighted by Crippen LogP contribution is -2.22. The SMILES string of the molecule is O=C([O-])c1ccc(NC(=O)c2ccc(C(F)(F)F)cc2)cc1. The number of rotatable bonds is 3. The number of nitrogens with one attached hydrogen (secondary N) is 1. The third kappa shape index (κ3) is 3.63. The molecule has 0 atom stereocenters. The van der Waals surface area contributed by atoms with Crippen LogP contribution in [0.25, 0.3) is 0 Å². The summed E-state index contributed by atoms with van der Waals surface area (Å²) < 4.78 is 37.3. The van der Waals surface area contributed by atoms with Gasteiger partial charge < -0.3 is 15.2 Å². The predicted molar refractivity (Wildman–Crippen MR) is 70.2 cm³/mol. The molecular formula is C15H9F3NO3-. The average Bonchev–Trinajstić information content (AvgIpc) is 2.47. The maximum atomic E-state index is 12.4. The molecule has 0 heterocycles. The van der Waals surface area contributed by atoms with Gasteiger partial charge in [0.2, 0.25) is 0 Å². The van der Waals surface area contributed by atoms with Crippen LogP contribution in [-0.2, 0) is 6.18 Å². The van der Waals surface area contributed by atoms with Crippen LogP contribution in [0.2, 0.25) is 0 Å². The number of halogens is 3. The van der Waals surface area contributed by atoms with E-state index in [1.807, 2.05) is 0 Å². The van der Waals surface area contributed by atoms with Crippen molar-refractivity contribution in [2.75, 3.05) is 5.32 Å². The summed E-state index contributed by atoms with van der Waals surface area (Å²) in [5.41, 5.74) is -0.526. The fourth-order valence-corrected chi connectivity index (χ4v) is 1.70. The molecule has 2 aromatic rings. The van der Waals surface area contributed by atoms with Gasteiger partial charge in [-0.15, -0.1) is 0 Å². The predicted octanol–water partition coefficient (Wildman–Crippen LogP) is 2.32. The van der Waals surface area contributed by atoms with Crippen molar-refractivity contribution in [2.24, 2.45) is 0 Å². The Kier molecular flexibility index (Phi) is 4.16.